The van der Waals surface area contributed by atoms with E-state index in [1.54, 1.807) is 4.90 Å². The fourth-order valence-electron chi connectivity index (χ4n) is 4.60. The molecule has 0 saturated carbocycles. The summed E-state index contributed by atoms with van der Waals surface area (Å²) in [6.45, 7) is 4.60. The number of nitrogens with one attached hydrogen (secondary N) is 1. The molecule has 8 nitrogen and oxygen atoms in total. The molecule has 0 spiro atoms. The highest BCUT2D eigenvalue weighted by Crippen LogP contribution is 2.44. The number of hydrogen-bond donors (Lipinski definition) is 2. The van der Waals surface area contributed by atoms with E-state index >= 15 is 0 Å². The number of benzene rings is 2. The second-order valence-corrected chi connectivity index (χ2v) is 9.13. The summed E-state index contributed by atoms with van der Waals surface area (Å²) >= 11 is 0. The van der Waals surface area contributed by atoms with Gasteiger partial charge in [-0.25, -0.2) is 9.59 Å². The minimum absolute atomic E-state index is 0.0142. The highest BCUT2D eigenvalue weighted by Gasteiger charge is 2.36. The molecule has 1 fully saturated rings. The Balaban J connectivity index is 1.28. The van der Waals surface area contributed by atoms with E-state index in [1.807, 2.05) is 38.1 Å². The van der Waals surface area contributed by atoms with Crippen LogP contribution in [0.1, 0.15) is 30.9 Å². The van der Waals surface area contributed by atoms with Gasteiger partial charge in [0.05, 0.1) is 12.0 Å². The molecule has 1 aliphatic heterocycles. The number of fused-ring (bicyclic) bond motifs is 3. The van der Waals surface area contributed by atoms with Crippen molar-refractivity contribution < 1.29 is 29.0 Å². The summed E-state index contributed by atoms with van der Waals surface area (Å²) in [5, 5.41) is 11.4. The van der Waals surface area contributed by atoms with E-state index in [2.05, 4.69) is 29.6 Å². The molecule has 4 rings (SSSR count). The van der Waals surface area contributed by atoms with Crippen molar-refractivity contribution in [2.75, 3.05) is 32.8 Å². The average Bonchev–Trinajstić information content (AvgIpc) is 3.10. The number of aliphatic carboxylic acids is 1. The quantitative estimate of drug-likeness (QED) is 0.588. The molecule has 1 unspecified atom stereocenters. The molecule has 1 saturated heterocycles. The Morgan fingerprint density at radius 1 is 1.03 bits per heavy atom. The number of carbonyl (C=O) groups is 3. The Morgan fingerprint density at radius 2 is 1.62 bits per heavy atom. The fourth-order valence-corrected chi connectivity index (χ4v) is 4.60. The summed E-state index contributed by atoms with van der Waals surface area (Å²) in [5.41, 5.74) is 4.61. The fraction of sp³-hybridized carbons (Fsp3) is 0.423. The van der Waals surface area contributed by atoms with Crippen LogP contribution in [0.15, 0.2) is 48.5 Å². The first-order chi connectivity index (χ1) is 16.3. The minimum atomic E-state index is -1.03. The highest BCUT2D eigenvalue weighted by atomic mass is 16.5. The maximum atomic E-state index is 12.9. The maximum absolute atomic E-state index is 12.9. The lowest BCUT2D eigenvalue weighted by atomic mass is 9.92. The number of nitrogens with zero attached hydrogens (tertiary/aromatic N) is 1. The van der Waals surface area contributed by atoms with Gasteiger partial charge in [0, 0.05) is 25.6 Å². The second-order valence-electron chi connectivity index (χ2n) is 9.13. The monoisotopic (exact) mass is 466 g/mol. The van der Waals surface area contributed by atoms with Crippen molar-refractivity contribution in [1.82, 2.24) is 10.2 Å². The lowest BCUT2D eigenvalue weighted by Crippen LogP contribution is -2.58. The van der Waals surface area contributed by atoms with Gasteiger partial charge in [0.2, 0.25) is 5.91 Å². The molecule has 0 radical (unpaired) electrons. The van der Waals surface area contributed by atoms with Gasteiger partial charge in [-0.1, -0.05) is 62.4 Å². The highest BCUT2D eigenvalue weighted by molar-refractivity contribution is 5.81. The largest absolute Gasteiger partial charge is 0.480 e. The van der Waals surface area contributed by atoms with E-state index in [0.717, 1.165) is 22.3 Å². The third kappa shape index (κ3) is 5.07. The number of alkyl carbamates (subject to hydrolysis) is 1. The molecule has 180 valence electrons. The summed E-state index contributed by atoms with van der Waals surface area (Å²) in [6, 6.07) is 16.3. The normalized spacial score (nSPS) is 15.9. The van der Waals surface area contributed by atoms with E-state index in [1.165, 1.54) is 0 Å². The van der Waals surface area contributed by atoms with Gasteiger partial charge in [0.15, 0.2) is 0 Å². The number of carboxylic acids is 1. The molecular formula is C26H30N2O6. The number of carbonyl (C=O) groups excluding carboxylic acids is 2. The van der Waals surface area contributed by atoms with Crippen LogP contribution >= 0.6 is 0 Å². The molecule has 2 aliphatic rings. The Hall–Kier alpha value is -3.39. The van der Waals surface area contributed by atoms with Gasteiger partial charge in [-0.15, -0.1) is 0 Å². The topological polar surface area (TPSA) is 105 Å². The zero-order valence-electron chi connectivity index (χ0n) is 19.4. The molecule has 34 heavy (non-hydrogen) atoms. The van der Waals surface area contributed by atoms with Crippen molar-refractivity contribution in [3.05, 3.63) is 59.7 Å². The summed E-state index contributed by atoms with van der Waals surface area (Å²) < 4.78 is 10.8. The third-order valence-corrected chi connectivity index (χ3v) is 6.53. The predicted octanol–water partition coefficient (Wildman–Crippen LogP) is 3.11. The predicted molar refractivity (Wildman–Crippen MR) is 125 cm³/mol. The molecule has 2 aromatic carbocycles. The standard InChI is InChI=1S/C26H30N2O6/c1-16(2)22(25(31)28-12-17(13-28)33-15-24(29)30)11-27-26(32)34-14-23-20-9-5-3-7-18(20)19-8-4-6-10-21(19)23/h3-10,16-17,22-23H,11-15H2,1-2H3,(H,27,32)(H,29,30). The van der Waals surface area contributed by atoms with Crippen molar-refractivity contribution in [3.8, 4) is 11.1 Å². The number of amides is 2. The van der Waals surface area contributed by atoms with E-state index in [0.29, 0.717) is 13.1 Å². The lowest BCUT2D eigenvalue weighted by molar-refractivity contribution is -0.157. The molecular weight excluding hydrogens is 436 g/mol. The van der Waals surface area contributed by atoms with Crippen LogP contribution < -0.4 is 5.32 Å². The van der Waals surface area contributed by atoms with E-state index in [9.17, 15) is 14.4 Å². The van der Waals surface area contributed by atoms with Crippen LogP contribution in [-0.2, 0) is 19.1 Å². The number of likely N-dealkylation sites (tertiary alicyclic amines) is 1. The van der Waals surface area contributed by atoms with E-state index in [-0.39, 0.29) is 43.6 Å². The van der Waals surface area contributed by atoms with Crippen molar-refractivity contribution in [2.24, 2.45) is 11.8 Å². The molecule has 2 aromatic rings. The van der Waals surface area contributed by atoms with Crippen LogP contribution in [0.3, 0.4) is 0 Å². The summed E-state index contributed by atoms with van der Waals surface area (Å²) in [4.78, 5) is 37.6. The van der Waals surface area contributed by atoms with Crippen molar-refractivity contribution in [1.29, 1.82) is 0 Å². The number of rotatable bonds is 9. The molecule has 0 bridgehead atoms. The first kappa shape index (κ1) is 23.8. The first-order valence-electron chi connectivity index (χ1n) is 11.6. The zero-order valence-corrected chi connectivity index (χ0v) is 19.4. The van der Waals surface area contributed by atoms with Gasteiger partial charge < -0.3 is 24.8 Å². The number of hydrogen-bond acceptors (Lipinski definition) is 5. The average molecular weight is 467 g/mol. The van der Waals surface area contributed by atoms with Crippen molar-refractivity contribution in [2.45, 2.75) is 25.9 Å². The Kier molecular flexibility index (Phi) is 7.17. The second kappa shape index (κ2) is 10.3. The maximum Gasteiger partial charge on any atom is 0.407 e. The molecule has 0 aromatic heterocycles. The van der Waals surface area contributed by atoms with Gasteiger partial charge in [-0.05, 0) is 28.2 Å². The third-order valence-electron chi connectivity index (χ3n) is 6.53. The van der Waals surface area contributed by atoms with Gasteiger partial charge in [-0.2, -0.15) is 0 Å². The number of carboxylic acid groups (broad SMARTS) is 1. The van der Waals surface area contributed by atoms with Gasteiger partial charge in [0.25, 0.3) is 0 Å². The lowest BCUT2D eigenvalue weighted by Gasteiger charge is -2.41. The SMILES string of the molecule is CC(C)C(CNC(=O)OCC1c2ccccc2-c2ccccc21)C(=O)N1CC(OCC(=O)O)C1. The smallest absolute Gasteiger partial charge is 0.407 e. The first-order valence-corrected chi connectivity index (χ1v) is 11.6. The summed E-state index contributed by atoms with van der Waals surface area (Å²) in [5.74, 6) is -1.52. The summed E-state index contributed by atoms with van der Waals surface area (Å²) in [7, 11) is 0. The van der Waals surface area contributed by atoms with Crippen LogP contribution in [-0.4, -0.2) is 66.9 Å². The van der Waals surface area contributed by atoms with Gasteiger partial charge in [0.1, 0.15) is 13.2 Å². The van der Waals surface area contributed by atoms with Crippen LogP contribution in [0, 0.1) is 11.8 Å². The molecule has 1 heterocycles. The van der Waals surface area contributed by atoms with Crippen LogP contribution in [0.25, 0.3) is 11.1 Å². The molecule has 8 heteroatoms. The number of ether oxygens (including phenoxy) is 2. The van der Waals surface area contributed by atoms with Crippen LogP contribution in [0.5, 0.6) is 0 Å². The molecule has 1 aliphatic carbocycles. The Labute approximate surface area is 198 Å². The minimum Gasteiger partial charge on any atom is -0.480 e. The summed E-state index contributed by atoms with van der Waals surface area (Å²) in [6.07, 6.45) is -0.811. The van der Waals surface area contributed by atoms with Gasteiger partial charge >= 0.3 is 12.1 Å². The van der Waals surface area contributed by atoms with Crippen LogP contribution in [0.4, 0.5) is 4.79 Å². The molecule has 1 atom stereocenters. The van der Waals surface area contributed by atoms with E-state index in [4.69, 9.17) is 14.6 Å². The van der Waals surface area contributed by atoms with Crippen molar-refractivity contribution >= 4 is 18.0 Å². The zero-order chi connectivity index (χ0) is 24.2. The van der Waals surface area contributed by atoms with Crippen molar-refractivity contribution in [3.63, 3.8) is 0 Å². The van der Waals surface area contributed by atoms with Gasteiger partial charge in [-0.3, -0.25) is 4.79 Å². The Morgan fingerprint density at radius 3 is 2.18 bits per heavy atom. The van der Waals surface area contributed by atoms with Crippen LogP contribution in [0.2, 0.25) is 0 Å². The molecule has 2 N–H and O–H groups in total. The van der Waals surface area contributed by atoms with E-state index < -0.39 is 18.0 Å². The Bertz CT molecular complexity index is 1020. The molecule has 2 amide bonds.